The average Bonchev–Trinajstić information content (AvgIpc) is 2.80. The molecule has 1 aliphatic rings. The summed E-state index contributed by atoms with van der Waals surface area (Å²) in [5.74, 6) is 1.42. The molecular weight excluding hydrogens is 513 g/mol. The van der Waals surface area contributed by atoms with Gasteiger partial charge in [0.05, 0.1) is 7.11 Å². The van der Waals surface area contributed by atoms with Gasteiger partial charge < -0.3 is 20.7 Å². The van der Waals surface area contributed by atoms with E-state index in [-0.39, 0.29) is 24.0 Å². The molecule has 3 rings (SSSR count). The maximum absolute atomic E-state index is 5.99. The van der Waals surface area contributed by atoms with Crippen LogP contribution in [0.2, 0.25) is 0 Å². The minimum atomic E-state index is 0. The monoisotopic (exact) mass is 551 g/mol. The number of unbranched alkanes of at least 4 members (excludes halogenated alkanes) is 1. The fourth-order valence-corrected chi connectivity index (χ4v) is 3.88. The molecule has 176 valence electrons. The zero-order valence-electron chi connectivity index (χ0n) is 19.4. The van der Waals surface area contributed by atoms with Crippen molar-refractivity contribution in [3.63, 3.8) is 0 Å². The second kappa shape index (κ2) is 14.2. The number of aliphatic imine (C=N–C) groups is 1. The van der Waals surface area contributed by atoms with Gasteiger partial charge in [0.25, 0.3) is 0 Å². The van der Waals surface area contributed by atoms with Crippen LogP contribution in [0.5, 0.6) is 5.75 Å². The number of benzene rings is 2. The lowest BCUT2D eigenvalue weighted by Crippen LogP contribution is -2.46. The summed E-state index contributed by atoms with van der Waals surface area (Å²) in [7, 11) is 1.68. The minimum absolute atomic E-state index is 0. The van der Waals surface area contributed by atoms with E-state index in [4.69, 9.17) is 10.5 Å². The fraction of sp³-hybridized carbons (Fsp3) is 0.480. The molecule has 0 amide bonds. The van der Waals surface area contributed by atoms with Crippen LogP contribution in [0.1, 0.15) is 24.0 Å². The summed E-state index contributed by atoms with van der Waals surface area (Å²) in [6.07, 6.45) is 3.14. The number of nitrogens with zero attached hydrogens (tertiary/aromatic N) is 3. The summed E-state index contributed by atoms with van der Waals surface area (Å²) in [6, 6.07) is 16.9. The molecule has 0 radical (unpaired) electrons. The van der Waals surface area contributed by atoms with Gasteiger partial charge in [0.1, 0.15) is 5.75 Å². The number of methoxy groups -OCH3 is 1. The molecule has 1 saturated heterocycles. The number of ether oxygens (including phenoxy) is 1. The van der Waals surface area contributed by atoms with E-state index >= 15 is 0 Å². The minimum Gasteiger partial charge on any atom is -0.497 e. The van der Waals surface area contributed by atoms with Gasteiger partial charge in [0.15, 0.2) is 5.96 Å². The number of hydrogen-bond acceptors (Lipinski definition) is 4. The lowest BCUT2D eigenvalue weighted by molar-refractivity contribution is 0.253. The number of anilines is 1. The number of rotatable bonds is 10. The first-order valence-corrected chi connectivity index (χ1v) is 11.3. The first-order valence-electron chi connectivity index (χ1n) is 11.3. The number of guanidine groups is 1. The lowest BCUT2D eigenvalue weighted by atomic mass is 10.1. The van der Waals surface area contributed by atoms with Crippen LogP contribution in [0.3, 0.4) is 0 Å². The highest BCUT2D eigenvalue weighted by Crippen LogP contribution is 2.18. The molecule has 0 atom stereocenters. The Morgan fingerprint density at radius 1 is 1.06 bits per heavy atom. The van der Waals surface area contributed by atoms with E-state index in [1.54, 1.807) is 7.11 Å². The predicted octanol–water partition coefficient (Wildman–Crippen LogP) is 3.67. The molecule has 6 nitrogen and oxygen atoms in total. The van der Waals surface area contributed by atoms with Gasteiger partial charge in [-0.2, -0.15) is 0 Å². The highest BCUT2D eigenvalue weighted by molar-refractivity contribution is 14.0. The highest BCUT2D eigenvalue weighted by atomic mass is 127. The molecule has 0 aromatic heterocycles. The van der Waals surface area contributed by atoms with Crippen LogP contribution in [0.15, 0.2) is 53.5 Å². The number of nitrogens with one attached hydrogen (secondary N) is 1. The number of halogens is 1. The zero-order chi connectivity index (χ0) is 21.9. The van der Waals surface area contributed by atoms with Crippen molar-refractivity contribution in [2.24, 2.45) is 10.7 Å². The van der Waals surface area contributed by atoms with Gasteiger partial charge in [-0.25, -0.2) is 0 Å². The number of nitrogens with two attached hydrogens (primary N) is 1. The standard InChI is InChI=1S/C25H37N5O.HI/c1-21-6-5-7-23(20-21)30-18-16-29(17-19-30)15-4-3-13-27-25(26)28-14-12-22-8-10-24(31-2)11-9-22;/h5-11,20H,3-4,12-19H2,1-2H3,(H3,26,27,28);1H. The van der Waals surface area contributed by atoms with E-state index in [9.17, 15) is 0 Å². The first-order chi connectivity index (χ1) is 15.1. The molecule has 1 aliphatic heterocycles. The number of piperazine rings is 1. The number of hydrogen-bond donors (Lipinski definition) is 2. The van der Waals surface area contributed by atoms with Crippen LogP contribution < -0.4 is 20.7 Å². The predicted molar refractivity (Wildman–Crippen MR) is 146 cm³/mol. The smallest absolute Gasteiger partial charge is 0.188 e. The maximum Gasteiger partial charge on any atom is 0.188 e. The normalized spacial score (nSPS) is 14.7. The van der Waals surface area contributed by atoms with E-state index in [1.807, 2.05) is 12.1 Å². The van der Waals surface area contributed by atoms with Crippen molar-refractivity contribution >= 4 is 35.6 Å². The Balaban J connectivity index is 0.00000363. The Morgan fingerprint density at radius 2 is 1.81 bits per heavy atom. The largest absolute Gasteiger partial charge is 0.497 e. The Kier molecular flexibility index (Phi) is 11.7. The van der Waals surface area contributed by atoms with Crippen molar-refractivity contribution < 1.29 is 4.74 Å². The summed E-state index contributed by atoms with van der Waals surface area (Å²) >= 11 is 0. The average molecular weight is 552 g/mol. The SMILES string of the molecule is COc1ccc(CCNC(N)=NCCCCN2CCN(c3cccc(C)c3)CC2)cc1.I. The Bertz CT molecular complexity index is 819. The Labute approximate surface area is 210 Å². The van der Waals surface area contributed by atoms with Gasteiger partial charge in [-0.15, -0.1) is 24.0 Å². The van der Waals surface area contributed by atoms with Gasteiger partial charge in [-0.1, -0.05) is 24.3 Å². The molecule has 7 heteroatoms. The van der Waals surface area contributed by atoms with E-state index in [0.29, 0.717) is 5.96 Å². The second-order valence-corrected chi connectivity index (χ2v) is 8.17. The van der Waals surface area contributed by atoms with Crippen LogP contribution in [-0.4, -0.2) is 63.8 Å². The van der Waals surface area contributed by atoms with Crippen molar-refractivity contribution in [2.75, 3.05) is 57.8 Å². The quantitative estimate of drug-likeness (QED) is 0.204. The summed E-state index contributed by atoms with van der Waals surface area (Å²) < 4.78 is 5.18. The zero-order valence-corrected chi connectivity index (χ0v) is 21.8. The van der Waals surface area contributed by atoms with Crippen LogP contribution >= 0.6 is 24.0 Å². The second-order valence-electron chi connectivity index (χ2n) is 8.17. The molecule has 0 spiro atoms. The molecule has 0 unspecified atom stereocenters. The molecule has 0 bridgehead atoms. The Morgan fingerprint density at radius 3 is 2.50 bits per heavy atom. The van der Waals surface area contributed by atoms with E-state index in [2.05, 4.69) is 63.4 Å². The lowest BCUT2D eigenvalue weighted by Gasteiger charge is -2.36. The Hall–Kier alpha value is -2.00. The van der Waals surface area contributed by atoms with E-state index in [1.165, 1.54) is 16.8 Å². The summed E-state index contributed by atoms with van der Waals surface area (Å²) in [5.41, 5.74) is 9.93. The molecule has 0 saturated carbocycles. The molecule has 0 aliphatic carbocycles. The van der Waals surface area contributed by atoms with Crippen LogP contribution in [0.25, 0.3) is 0 Å². The highest BCUT2D eigenvalue weighted by Gasteiger charge is 2.16. The molecule has 1 heterocycles. The summed E-state index contributed by atoms with van der Waals surface area (Å²) in [6.45, 7) is 9.34. The van der Waals surface area contributed by atoms with Gasteiger partial charge in [0, 0.05) is 45.0 Å². The first kappa shape index (κ1) is 26.3. The molecule has 2 aromatic carbocycles. The van der Waals surface area contributed by atoms with Gasteiger partial charge in [-0.05, 0) is 68.1 Å². The summed E-state index contributed by atoms with van der Waals surface area (Å²) in [4.78, 5) is 9.52. The molecule has 3 N–H and O–H groups in total. The molecule has 2 aromatic rings. The van der Waals surface area contributed by atoms with Gasteiger partial charge in [0.2, 0.25) is 0 Å². The molecule has 1 fully saturated rings. The third-order valence-corrected chi connectivity index (χ3v) is 5.78. The van der Waals surface area contributed by atoms with E-state index in [0.717, 1.165) is 70.8 Å². The fourth-order valence-electron chi connectivity index (χ4n) is 3.88. The van der Waals surface area contributed by atoms with Crippen LogP contribution in [-0.2, 0) is 6.42 Å². The van der Waals surface area contributed by atoms with Crippen LogP contribution in [0, 0.1) is 6.92 Å². The third-order valence-electron chi connectivity index (χ3n) is 5.78. The van der Waals surface area contributed by atoms with Gasteiger partial charge in [-0.3, -0.25) is 9.89 Å². The van der Waals surface area contributed by atoms with Crippen molar-refractivity contribution in [3.8, 4) is 5.75 Å². The van der Waals surface area contributed by atoms with Crippen molar-refractivity contribution in [3.05, 3.63) is 59.7 Å². The molecular formula is C25H38IN5O. The van der Waals surface area contributed by atoms with Crippen molar-refractivity contribution in [2.45, 2.75) is 26.2 Å². The van der Waals surface area contributed by atoms with Crippen molar-refractivity contribution in [1.29, 1.82) is 0 Å². The van der Waals surface area contributed by atoms with E-state index < -0.39 is 0 Å². The van der Waals surface area contributed by atoms with Crippen LogP contribution in [0.4, 0.5) is 5.69 Å². The summed E-state index contributed by atoms with van der Waals surface area (Å²) in [5, 5.41) is 3.20. The van der Waals surface area contributed by atoms with Gasteiger partial charge >= 0.3 is 0 Å². The maximum atomic E-state index is 5.99. The molecule has 32 heavy (non-hydrogen) atoms. The van der Waals surface area contributed by atoms with Crippen molar-refractivity contribution in [1.82, 2.24) is 10.2 Å². The third kappa shape index (κ3) is 8.86. The number of aryl methyl sites for hydroxylation is 1. The topological polar surface area (TPSA) is 66.1 Å².